The number of thiazole rings is 1. The molecule has 0 saturated carbocycles. The molecular weight excluding hydrogens is 395 g/mol. The number of hydrogen-bond acceptors (Lipinski definition) is 7. The van der Waals surface area contributed by atoms with Crippen molar-refractivity contribution in [3.8, 4) is 10.4 Å². The van der Waals surface area contributed by atoms with Crippen molar-refractivity contribution >= 4 is 51.4 Å². The minimum atomic E-state index is -0.217. The third kappa shape index (κ3) is 4.67. The lowest BCUT2D eigenvalue weighted by Gasteiger charge is -2.04. The second-order valence-electron chi connectivity index (χ2n) is 5.15. The maximum absolute atomic E-state index is 12.0. The van der Waals surface area contributed by atoms with E-state index in [1.165, 1.54) is 17.5 Å². The monoisotopic (exact) mass is 408 g/mol. The maximum atomic E-state index is 12.0. The predicted octanol–water partition coefficient (Wildman–Crippen LogP) is 3.34. The number of nitrogens with one attached hydrogen (secondary N) is 2. The van der Waals surface area contributed by atoms with E-state index < -0.39 is 0 Å². The van der Waals surface area contributed by atoms with Gasteiger partial charge in [0.1, 0.15) is 11.0 Å². The zero-order valence-corrected chi connectivity index (χ0v) is 15.7. The van der Waals surface area contributed by atoms with Crippen LogP contribution in [0.15, 0.2) is 36.8 Å². The second-order valence-corrected chi connectivity index (χ2v) is 7.01. The number of pyridine rings is 2. The fraction of sp³-hybridized carbons (Fsp3) is 0.125. The summed E-state index contributed by atoms with van der Waals surface area (Å²) in [5.41, 5.74) is 6.64. The SMILES string of the molecule is NCCNC(=O)c1cncc(-c2cnc(Nc3cc(Cl)cc(Cl)n3)s2)c1. The van der Waals surface area contributed by atoms with E-state index in [1.54, 1.807) is 30.6 Å². The second kappa shape index (κ2) is 8.41. The molecule has 1 amide bonds. The van der Waals surface area contributed by atoms with E-state index in [4.69, 9.17) is 28.9 Å². The van der Waals surface area contributed by atoms with Crippen LogP contribution in [0.2, 0.25) is 10.2 Å². The van der Waals surface area contributed by atoms with Crippen LogP contribution in [-0.2, 0) is 0 Å². The molecule has 3 rings (SSSR count). The van der Waals surface area contributed by atoms with Crippen LogP contribution in [0, 0.1) is 0 Å². The number of nitrogens with zero attached hydrogens (tertiary/aromatic N) is 3. The topological polar surface area (TPSA) is 106 Å². The highest BCUT2D eigenvalue weighted by atomic mass is 35.5. The number of amides is 1. The molecule has 0 aromatic carbocycles. The summed E-state index contributed by atoms with van der Waals surface area (Å²) in [5, 5.41) is 7.15. The maximum Gasteiger partial charge on any atom is 0.252 e. The summed E-state index contributed by atoms with van der Waals surface area (Å²) in [6.45, 7) is 0.789. The Bertz CT molecular complexity index is 912. The molecule has 3 heterocycles. The minimum absolute atomic E-state index is 0.217. The summed E-state index contributed by atoms with van der Waals surface area (Å²) in [5.74, 6) is 0.280. The van der Waals surface area contributed by atoms with Crippen LogP contribution >= 0.6 is 34.5 Å². The Morgan fingerprint density at radius 3 is 2.81 bits per heavy atom. The van der Waals surface area contributed by atoms with E-state index in [9.17, 15) is 4.79 Å². The van der Waals surface area contributed by atoms with Gasteiger partial charge in [0, 0.05) is 42.3 Å². The Kier molecular flexibility index (Phi) is 6.00. The largest absolute Gasteiger partial charge is 0.351 e. The Labute approximate surface area is 163 Å². The first kappa shape index (κ1) is 18.5. The van der Waals surface area contributed by atoms with Crippen LogP contribution in [0.5, 0.6) is 0 Å². The number of anilines is 2. The fourth-order valence-electron chi connectivity index (χ4n) is 2.09. The molecule has 3 aromatic rings. The van der Waals surface area contributed by atoms with Gasteiger partial charge in [0.05, 0.1) is 10.4 Å². The predicted molar refractivity (Wildman–Crippen MR) is 104 cm³/mol. The molecule has 0 unspecified atom stereocenters. The molecular formula is C16H14Cl2N6OS. The van der Waals surface area contributed by atoms with Gasteiger partial charge in [0.15, 0.2) is 5.13 Å². The molecule has 0 saturated heterocycles. The lowest BCUT2D eigenvalue weighted by atomic mass is 10.2. The Hall–Kier alpha value is -2.26. The summed E-state index contributed by atoms with van der Waals surface area (Å²) in [6, 6.07) is 4.96. The van der Waals surface area contributed by atoms with Crippen molar-refractivity contribution in [2.75, 3.05) is 18.4 Å². The average molecular weight is 409 g/mol. The lowest BCUT2D eigenvalue weighted by Crippen LogP contribution is -2.29. The van der Waals surface area contributed by atoms with E-state index in [0.29, 0.717) is 34.6 Å². The minimum Gasteiger partial charge on any atom is -0.351 e. The summed E-state index contributed by atoms with van der Waals surface area (Å²) < 4.78 is 0. The molecule has 7 nitrogen and oxygen atoms in total. The summed E-state index contributed by atoms with van der Waals surface area (Å²) in [4.78, 5) is 25.5. The first-order valence-corrected chi connectivity index (χ1v) is 9.12. The molecule has 134 valence electrons. The quantitative estimate of drug-likeness (QED) is 0.540. The van der Waals surface area contributed by atoms with Crippen molar-refractivity contribution in [1.29, 1.82) is 0 Å². The number of carbonyl (C=O) groups is 1. The van der Waals surface area contributed by atoms with Gasteiger partial charge in [-0.1, -0.05) is 34.5 Å². The van der Waals surface area contributed by atoms with Crippen LogP contribution in [0.25, 0.3) is 10.4 Å². The lowest BCUT2D eigenvalue weighted by molar-refractivity contribution is 0.0954. The first-order valence-electron chi connectivity index (χ1n) is 7.55. The molecule has 0 radical (unpaired) electrons. The molecule has 0 spiro atoms. The number of carbonyl (C=O) groups excluding carboxylic acids is 1. The molecule has 4 N–H and O–H groups in total. The summed E-state index contributed by atoms with van der Waals surface area (Å²) in [6.07, 6.45) is 4.87. The van der Waals surface area contributed by atoms with Crippen molar-refractivity contribution < 1.29 is 4.79 Å². The van der Waals surface area contributed by atoms with Crippen molar-refractivity contribution in [2.45, 2.75) is 0 Å². The van der Waals surface area contributed by atoms with Gasteiger partial charge < -0.3 is 16.4 Å². The average Bonchev–Trinajstić information content (AvgIpc) is 3.07. The molecule has 0 aliphatic heterocycles. The van der Waals surface area contributed by atoms with E-state index in [0.717, 1.165) is 10.4 Å². The van der Waals surface area contributed by atoms with Crippen LogP contribution in [0.1, 0.15) is 10.4 Å². The number of halogens is 2. The van der Waals surface area contributed by atoms with Gasteiger partial charge in [-0.25, -0.2) is 9.97 Å². The number of nitrogens with two attached hydrogens (primary N) is 1. The van der Waals surface area contributed by atoms with Crippen LogP contribution < -0.4 is 16.4 Å². The number of aromatic nitrogens is 3. The number of hydrogen-bond donors (Lipinski definition) is 3. The van der Waals surface area contributed by atoms with Crippen molar-refractivity contribution in [3.05, 3.63) is 52.5 Å². The van der Waals surface area contributed by atoms with Gasteiger partial charge in [0.25, 0.3) is 5.91 Å². The van der Waals surface area contributed by atoms with E-state index in [1.807, 2.05) is 0 Å². The Morgan fingerprint density at radius 1 is 1.19 bits per heavy atom. The fourth-order valence-corrected chi connectivity index (χ4v) is 3.37. The highest BCUT2D eigenvalue weighted by molar-refractivity contribution is 7.18. The van der Waals surface area contributed by atoms with Crippen LogP contribution in [0.3, 0.4) is 0 Å². The summed E-state index contributed by atoms with van der Waals surface area (Å²) >= 11 is 13.3. The van der Waals surface area contributed by atoms with Crippen LogP contribution in [0.4, 0.5) is 10.9 Å². The summed E-state index contributed by atoms with van der Waals surface area (Å²) in [7, 11) is 0. The standard InChI is InChI=1S/C16H14Cl2N6OS/c17-11-4-13(18)23-14(5-11)24-16-22-8-12(26-16)9-3-10(7-20-6-9)15(25)21-2-1-19/h3-8H,1-2,19H2,(H,21,25)(H,22,23,24). The highest BCUT2D eigenvalue weighted by Gasteiger charge is 2.10. The molecule has 26 heavy (non-hydrogen) atoms. The molecule has 0 fully saturated rings. The normalized spacial score (nSPS) is 10.6. The molecule has 10 heteroatoms. The smallest absolute Gasteiger partial charge is 0.252 e. The zero-order valence-electron chi connectivity index (χ0n) is 13.4. The van der Waals surface area contributed by atoms with Crippen molar-refractivity contribution in [2.24, 2.45) is 5.73 Å². The van der Waals surface area contributed by atoms with Gasteiger partial charge in [0.2, 0.25) is 0 Å². The van der Waals surface area contributed by atoms with E-state index in [-0.39, 0.29) is 11.1 Å². The van der Waals surface area contributed by atoms with Gasteiger partial charge in [-0.15, -0.1) is 0 Å². The van der Waals surface area contributed by atoms with Gasteiger partial charge in [-0.05, 0) is 18.2 Å². The van der Waals surface area contributed by atoms with Crippen molar-refractivity contribution in [1.82, 2.24) is 20.3 Å². The van der Waals surface area contributed by atoms with Crippen molar-refractivity contribution in [3.63, 3.8) is 0 Å². The van der Waals surface area contributed by atoms with Gasteiger partial charge in [-0.2, -0.15) is 0 Å². The molecule has 3 aromatic heterocycles. The highest BCUT2D eigenvalue weighted by Crippen LogP contribution is 2.31. The number of rotatable bonds is 6. The molecule has 0 atom stereocenters. The van der Waals surface area contributed by atoms with E-state index >= 15 is 0 Å². The van der Waals surface area contributed by atoms with Crippen LogP contribution in [-0.4, -0.2) is 33.9 Å². The third-order valence-electron chi connectivity index (χ3n) is 3.21. The van der Waals surface area contributed by atoms with Gasteiger partial charge >= 0.3 is 0 Å². The van der Waals surface area contributed by atoms with E-state index in [2.05, 4.69) is 25.6 Å². The zero-order chi connectivity index (χ0) is 18.5. The Balaban J connectivity index is 1.78. The third-order valence-corrected chi connectivity index (χ3v) is 4.59. The first-order chi connectivity index (χ1) is 12.5. The molecule has 0 bridgehead atoms. The Morgan fingerprint density at radius 2 is 2.04 bits per heavy atom. The molecule has 0 aliphatic rings. The molecule has 0 aliphatic carbocycles. The van der Waals surface area contributed by atoms with Gasteiger partial charge in [-0.3, -0.25) is 9.78 Å².